The Morgan fingerprint density at radius 2 is 2.56 bits per heavy atom. The van der Waals surface area contributed by atoms with E-state index in [0.717, 1.165) is 0 Å². The number of ether oxygens (including phenoxy) is 1. The molecule has 3 heteroatoms. The molecule has 0 saturated carbocycles. The fourth-order valence-electron chi connectivity index (χ4n) is 0.301. The number of rotatable bonds is 3. The van der Waals surface area contributed by atoms with E-state index in [1.54, 1.807) is 13.0 Å². The van der Waals surface area contributed by atoms with Gasteiger partial charge in [-0.25, -0.2) is 0 Å². The molecular formula is C6H7NO2. The molecule has 0 spiro atoms. The van der Waals surface area contributed by atoms with Crippen LogP contribution in [0.5, 0.6) is 0 Å². The quantitative estimate of drug-likeness (QED) is 0.316. The molecule has 0 unspecified atom stereocenters. The van der Waals surface area contributed by atoms with Gasteiger partial charge in [0.1, 0.15) is 12.9 Å². The zero-order chi connectivity index (χ0) is 7.11. The van der Waals surface area contributed by atoms with E-state index in [9.17, 15) is 4.79 Å². The van der Waals surface area contributed by atoms with Gasteiger partial charge in [0.25, 0.3) is 6.26 Å². The predicted octanol–water partition coefficient (Wildman–Crippen LogP) is 0.629. The molecule has 0 rings (SSSR count). The number of hydrogen-bond acceptors (Lipinski definition) is 3. The highest BCUT2D eigenvalue weighted by Gasteiger charge is 1.90. The highest BCUT2D eigenvalue weighted by Crippen LogP contribution is 1.87. The molecule has 0 atom stereocenters. The molecule has 3 nitrogen and oxygen atoms in total. The molecule has 0 saturated heterocycles. The van der Waals surface area contributed by atoms with Crippen LogP contribution < -0.4 is 0 Å². The van der Waals surface area contributed by atoms with E-state index in [1.807, 2.05) is 0 Å². The zero-order valence-corrected chi connectivity index (χ0v) is 5.13. The third kappa shape index (κ3) is 3.30. The Balaban J connectivity index is 3.61. The van der Waals surface area contributed by atoms with Gasteiger partial charge in [0, 0.05) is 5.57 Å². The van der Waals surface area contributed by atoms with Gasteiger partial charge in [0.15, 0.2) is 0 Å². The number of aldehydes is 1. The lowest BCUT2D eigenvalue weighted by atomic mass is 10.3. The summed E-state index contributed by atoms with van der Waals surface area (Å²) in [4.78, 5) is 9.98. The molecule has 0 aromatic heterocycles. The van der Waals surface area contributed by atoms with Gasteiger partial charge in [0.05, 0.1) is 0 Å². The first-order chi connectivity index (χ1) is 4.35. The Hall–Kier alpha value is -1.30. The Kier molecular flexibility index (Phi) is 4.15. The summed E-state index contributed by atoms with van der Waals surface area (Å²) in [5.41, 5.74) is 0.483. The Morgan fingerprint density at radius 3 is 2.89 bits per heavy atom. The molecule has 0 aliphatic heterocycles. The van der Waals surface area contributed by atoms with E-state index >= 15 is 0 Å². The molecule has 0 aromatic carbocycles. The first-order valence-electron chi connectivity index (χ1n) is 2.46. The molecule has 0 fully saturated rings. The molecule has 9 heavy (non-hydrogen) atoms. The largest absolute Gasteiger partial charge is 0.423 e. The maximum Gasteiger partial charge on any atom is 0.286 e. The van der Waals surface area contributed by atoms with Crippen molar-refractivity contribution in [1.29, 1.82) is 5.26 Å². The fraction of sp³-hybridized carbons (Fsp3) is 0.333. The van der Waals surface area contributed by atoms with Crippen molar-refractivity contribution in [3.05, 3.63) is 11.6 Å². The standard InChI is InChI=1S/C6H7NO2/c1-2-6(3-8)4-9-5-7/h2-3H,4H2,1H3. The lowest BCUT2D eigenvalue weighted by Gasteiger charge is -1.91. The number of hydrogen-bond donors (Lipinski definition) is 0. The van der Waals surface area contributed by atoms with E-state index < -0.39 is 0 Å². The molecule has 0 heterocycles. The number of carbonyl (C=O) groups is 1. The van der Waals surface area contributed by atoms with Crippen LogP contribution in [-0.4, -0.2) is 12.9 Å². The van der Waals surface area contributed by atoms with Gasteiger partial charge in [-0.15, -0.1) is 0 Å². The van der Waals surface area contributed by atoms with Crippen LogP contribution in [0.1, 0.15) is 6.92 Å². The van der Waals surface area contributed by atoms with E-state index in [0.29, 0.717) is 11.9 Å². The zero-order valence-electron chi connectivity index (χ0n) is 5.13. The lowest BCUT2D eigenvalue weighted by molar-refractivity contribution is -0.105. The maximum absolute atomic E-state index is 9.98. The van der Waals surface area contributed by atoms with Gasteiger partial charge in [-0.1, -0.05) is 6.08 Å². The van der Waals surface area contributed by atoms with Crippen LogP contribution in [0.4, 0.5) is 0 Å². The van der Waals surface area contributed by atoms with Crippen LogP contribution in [-0.2, 0) is 9.53 Å². The SMILES string of the molecule is CC=C(C=O)COC#N. The van der Waals surface area contributed by atoms with Gasteiger partial charge < -0.3 is 4.74 Å². The summed E-state index contributed by atoms with van der Waals surface area (Å²) in [7, 11) is 0. The summed E-state index contributed by atoms with van der Waals surface area (Å²) in [5, 5.41) is 7.89. The summed E-state index contributed by atoms with van der Waals surface area (Å²) in [5.74, 6) is 0. The molecule has 0 aliphatic rings. The summed E-state index contributed by atoms with van der Waals surface area (Å²) in [6.07, 6.45) is 3.73. The smallest absolute Gasteiger partial charge is 0.286 e. The summed E-state index contributed by atoms with van der Waals surface area (Å²) >= 11 is 0. The molecule has 0 amide bonds. The van der Waals surface area contributed by atoms with Crippen molar-refractivity contribution in [1.82, 2.24) is 0 Å². The minimum atomic E-state index is 0.0799. The monoisotopic (exact) mass is 125 g/mol. The summed E-state index contributed by atoms with van der Waals surface area (Å²) in [6.45, 7) is 1.79. The fourth-order valence-corrected chi connectivity index (χ4v) is 0.301. The normalized spacial score (nSPS) is 10.0. The second-order valence-electron chi connectivity index (χ2n) is 1.36. The van der Waals surface area contributed by atoms with Gasteiger partial charge in [-0.05, 0) is 6.92 Å². The van der Waals surface area contributed by atoms with Gasteiger partial charge in [-0.2, -0.15) is 5.26 Å². The molecule has 0 N–H and O–H groups in total. The summed E-state index contributed by atoms with van der Waals surface area (Å²) < 4.78 is 4.28. The van der Waals surface area contributed by atoms with E-state index in [-0.39, 0.29) is 6.61 Å². The van der Waals surface area contributed by atoms with E-state index in [4.69, 9.17) is 5.26 Å². The Morgan fingerprint density at radius 1 is 1.89 bits per heavy atom. The van der Waals surface area contributed by atoms with E-state index in [2.05, 4.69) is 4.74 Å². The van der Waals surface area contributed by atoms with Crippen LogP contribution in [0.15, 0.2) is 11.6 Å². The predicted molar refractivity (Wildman–Crippen MR) is 31.4 cm³/mol. The highest BCUT2D eigenvalue weighted by molar-refractivity contribution is 5.73. The minimum Gasteiger partial charge on any atom is -0.423 e. The number of nitrogens with zero attached hydrogens (tertiary/aromatic N) is 1. The van der Waals surface area contributed by atoms with E-state index in [1.165, 1.54) is 6.26 Å². The lowest BCUT2D eigenvalue weighted by Crippen LogP contribution is -1.93. The third-order valence-corrected chi connectivity index (χ3v) is 0.826. The van der Waals surface area contributed by atoms with Crippen LogP contribution in [0.25, 0.3) is 0 Å². The van der Waals surface area contributed by atoms with Crippen LogP contribution in [0, 0.1) is 11.5 Å². The average Bonchev–Trinajstić information content (AvgIpc) is 1.91. The van der Waals surface area contributed by atoms with Crippen LogP contribution in [0.3, 0.4) is 0 Å². The Bertz CT molecular complexity index is 155. The van der Waals surface area contributed by atoms with Crippen molar-refractivity contribution in [2.24, 2.45) is 0 Å². The molecular weight excluding hydrogens is 118 g/mol. The number of nitriles is 1. The maximum atomic E-state index is 9.98. The summed E-state index contributed by atoms with van der Waals surface area (Å²) in [6, 6.07) is 0. The number of carbonyl (C=O) groups excluding carboxylic acids is 1. The second-order valence-corrected chi connectivity index (χ2v) is 1.36. The van der Waals surface area contributed by atoms with Gasteiger partial charge >= 0.3 is 0 Å². The van der Waals surface area contributed by atoms with Gasteiger partial charge in [0.2, 0.25) is 0 Å². The molecule has 48 valence electrons. The molecule has 0 aliphatic carbocycles. The molecule has 0 bridgehead atoms. The average molecular weight is 125 g/mol. The van der Waals surface area contributed by atoms with Crippen molar-refractivity contribution < 1.29 is 9.53 Å². The third-order valence-electron chi connectivity index (χ3n) is 0.826. The van der Waals surface area contributed by atoms with Crippen molar-refractivity contribution in [2.75, 3.05) is 6.61 Å². The minimum absolute atomic E-state index is 0.0799. The van der Waals surface area contributed by atoms with Crippen molar-refractivity contribution in [3.63, 3.8) is 0 Å². The van der Waals surface area contributed by atoms with Crippen LogP contribution >= 0.6 is 0 Å². The topological polar surface area (TPSA) is 50.1 Å². The highest BCUT2D eigenvalue weighted by atomic mass is 16.5. The first kappa shape index (κ1) is 7.70. The van der Waals surface area contributed by atoms with Crippen molar-refractivity contribution in [3.8, 4) is 6.26 Å². The molecule has 0 radical (unpaired) electrons. The molecule has 0 aromatic rings. The Labute approximate surface area is 53.5 Å². The van der Waals surface area contributed by atoms with Crippen molar-refractivity contribution in [2.45, 2.75) is 6.92 Å². The van der Waals surface area contributed by atoms with Gasteiger partial charge in [-0.3, -0.25) is 4.79 Å². The first-order valence-corrected chi connectivity index (χ1v) is 2.46. The van der Waals surface area contributed by atoms with Crippen LogP contribution in [0.2, 0.25) is 0 Å². The van der Waals surface area contributed by atoms with Crippen molar-refractivity contribution >= 4 is 6.29 Å². The second kappa shape index (κ2) is 4.85. The number of allylic oxidation sites excluding steroid dienone is 1.